The van der Waals surface area contributed by atoms with E-state index in [4.69, 9.17) is 0 Å². The average Bonchev–Trinajstić information content (AvgIpc) is 2.80. The van der Waals surface area contributed by atoms with Gasteiger partial charge >= 0.3 is 0 Å². The van der Waals surface area contributed by atoms with E-state index >= 15 is 0 Å². The lowest BCUT2D eigenvalue weighted by Gasteiger charge is -2.08. The largest absolute Gasteiger partial charge is 0.508 e. The standard InChI is InChI=1S/C17H14N2O/c1-2-19-16-10-13(20)8-9-14(16)15(11-18)17(19)12-6-4-3-5-7-12/h3-10,20H,2H2,1H3. The van der Waals surface area contributed by atoms with Crippen molar-refractivity contribution in [2.75, 3.05) is 0 Å². The van der Waals surface area contributed by atoms with Crippen molar-refractivity contribution in [1.29, 1.82) is 5.26 Å². The fourth-order valence-corrected chi connectivity index (χ4v) is 2.68. The van der Waals surface area contributed by atoms with Gasteiger partial charge in [-0.1, -0.05) is 30.3 Å². The van der Waals surface area contributed by atoms with Gasteiger partial charge in [-0.25, -0.2) is 0 Å². The first kappa shape index (κ1) is 12.3. The third kappa shape index (κ3) is 1.74. The summed E-state index contributed by atoms with van der Waals surface area (Å²) in [5.41, 5.74) is 3.48. The Labute approximate surface area is 117 Å². The summed E-state index contributed by atoms with van der Waals surface area (Å²) in [4.78, 5) is 0. The van der Waals surface area contributed by atoms with E-state index in [1.54, 1.807) is 12.1 Å². The summed E-state index contributed by atoms with van der Waals surface area (Å²) in [5, 5.41) is 20.1. The number of phenols is 1. The zero-order valence-corrected chi connectivity index (χ0v) is 11.2. The number of nitriles is 1. The number of phenolic OH excluding ortho intramolecular Hbond substituents is 1. The monoisotopic (exact) mass is 262 g/mol. The van der Waals surface area contributed by atoms with Gasteiger partial charge in [0, 0.05) is 18.0 Å². The van der Waals surface area contributed by atoms with Crippen LogP contribution < -0.4 is 0 Å². The number of aryl methyl sites for hydroxylation is 1. The molecule has 2 aromatic carbocycles. The number of hydrogen-bond acceptors (Lipinski definition) is 2. The molecule has 0 fully saturated rings. The van der Waals surface area contributed by atoms with Crippen LogP contribution >= 0.6 is 0 Å². The van der Waals surface area contributed by atoms with E-state index in [1.165, 1.54) is 0 Å². The van der Waals surface area contributed by atoms with Crippen LogP contribution in [0.5, 0.6) is 5.75 Å². The first-order chi connectivity index (χ1) is 9.76. The van der Waals surface area contributed by atoms with E-state index < -0.39 is 0 Å². The summed E-state index contributed by atoms with van der Waals surface area (Å²) in [6.07, 6.45) is 0. The predicted octanol–water partition coefficient (Wildman–Crippen LogP) is 3.91. The van der Waals surface area contributed by atoms with Crippen molar-refractivity contribution in [3.05, 3.63) is 54.1 Å². The molecule has 3 rings (SSSR count). The molecule has 0 spiro atoms. The van der Waals surface area contributed by atoms with Gasteiger partial charge in [0.15, 0.2) is 0 Å². The van der Waals surface area contributed by atoms with Crippen molar-refractivity contribution in [3.63, 3.8) is 0 Å². The van der Waals surface area contributed by atoms with Crippen molar-refractivity contribution in [2.24, 2.45) is 0 Å². The summed E-state index contributed by atoms with van der Waals surface area (Å²) in [6.45, 7) is 2.78. The van der Waals surface area contributed by atoms with Crippen LogP contribution in [0.1, 0.15) is 12.5 Å². The zero-order valence-electron chi connectivity index (χ0n) is 11.2. The van der Waals surface area contributed by atoms with Gasteiger partial charge in [0.1, 0.15) is 11.8 Å². The van der Waals surface area contributed by atoms with E-state index in [0.29, 0.717) is 5.56 Å². The molecular formula is C17H14N2O. The van der Waals surface area contributed by atoms with Crippen LogP contribution in [-0.2, 0) is 6.54 Å². The topological polar surface area (TPSA) is 49.0 Å². The van der Waals surface area contributed by atoms with E-state index in [2.05, 4.69) is 10.6 Å². The van der Waals surface area contributed by atoms with Gasteiger partial charge in [-0.15, -0.1) is 0 Å². The van der Waals surface area contributed by atoms with Crippen LogP contribution in [0.2, 0.25) is 0 Å². The Morgan fingerprint density at radius 2 is 1.90 bits per heavy atom. The molecule has 0 unspecified atom stereocenters. The predicted molar refractivity (Wildman–Crippen MR) is 79.4 cm³/mol. The zero-order chi connectivity index (χ0) is 14.1. The smallest absolute Gasteiger partial charge is 0.117 e. The van der Waals surface area contributed by atoms with Crippen molar-refractivity contribution in [1.82, 2.24) is 4.57 Å². The first-order valence-electron chi connectivity index (χ1n) is 6.57. The van der Waals surface area contributed by atoms with Gasteiger partial charge in [0.25, 0.3) is 0 Å². The van der Waals surface area contributed by atoms with E-state index in [9.17, 15) is 10.4 Å². The number of aromatic nitrogens is 1. The molecule has 0 saturated heterocycles. The maximum Gasteiger partial charge on any atom is 0.117 e. The fraction of sp³-hybridized carbons (Fsp3) is 0.118. The number of hydrogen-bond donors (Lipinski definition) is 1. The third-order valence-corrected chi connectivity index (χ3v) is 3.52. The van der Waals surface area contributed by atoms with Crippen LogP contribution in [0.4, 0.5) is 0 Å². The van der Waals surface area contributed by atoms with E-state index in [-0.39, 0.29) is 5.75 Å². The van der Waals surface area contributed by atoms with Crippen molar-refractivity contribution in [3.8, 4) is 23.1 Å². The lowest BCUT2D eigenvalue weighted by Crippen LogP contribution is -1.97. The van der Waals surface area contributed by atoms with Crippen molar-refractivity contribution in [2.45, 2.75) is 13.5 Å². The van der Waals surface area contributed by atoms with Gasteiger partial charge in [-0.3, -0.25) is 0 Å². The lowest BCUT2D eigenvalue weighted by atomic mass is 10.1. The van der Waals surface area contributed by atoms with Crippen LogP contribution in [0, 0.1) is 11.3 Å². The van der Waals surface area contributed by atoms with Crippen LogP contribution in [0.3, 0.4) is 0 Å². The molecule has 1 aromatic heterocycles. The van der Waals surface area contributed by atoms with E-state index in [0.717, 1.165) is 28.7 Å². The molecule has 0 saturated carbocycles. The molecule has 1 heterocycles. The summed E-state index contributed by atoms with van der Waals surface area (Å²) in [7, 11) is 0. The minimum Gasteiger partial charge on any atom is -0.508 e. The Hall–Kier alpha value is -2.73. The Kier molecular flexibility index (Phi) is 2.92. The van der Waals surface area contributed by atoms with Gasteiger partial charge in [0.05, 0.1) is 16.8 Å². The normalized spacial score (nSPS) is 10.6. The summed E-state index contributed by atoms with van der Waals surface area (Å²) in [5.74, 6) is 0.216. The van der Waals surface area contributed by atoms with Gasteiger partial charge < -0.3 is 9.67 Å². The molecule has 0 aliphatic carbocycles. The maximum atomic E-state index is 9.70. The summed E-state index contributed by atoms with van der Waals surface area (Å²) < 4.78 is 2.07. The fourth-order valence-electron chi connectivity index (χ4n) is 2.68. The highest BCUT2D eigenvalue weighted by Gasteiger charge is 2.17. The molecule has 1 N–H and O–H groups in total. The Balaban J connectivity index is 2.45. The highest BCUT2D eigenvalue weighted by Crippen LogP contribution is 2.34. The molecule has 3 aromatic rings. The van der Waals surface area contributed by atoms with Crippen LogP contribution in [0.25, 0.3) is 22.2 Å². The lowest BCUT2D eigenvalue weighted by molar-refractivity contribution is 0.476. The van der Waals surface area contributed by atoms with E-state index in [1.807, 2.05) is 43.3 Å². The van der Waals surface area contributed by atoms with Crippen LogP contribution in [0.15, 0.2) is 48.5 Å². The average molecular weight is 262 g/mol. The Bertz CT molecular complexity index is 810. The molecule has 0 bridgehead atoms. The summed E-state index contributed by atoms with van der Waals surface area (Å²) >= 11 is 0. The molecule has 20 heavy (non-hydrogen) atoms. The summed E-state index contributed by atoms with van der Waals surface area (Å²) in [6, 6.07) is 17.3. The second kappa shape index (κ2) is 4.75. The third-order valence-electron chi connectivity index (χ3n) is 3.52. The SMILES string of the molecule is CCn1c(-c2ccccc2)c(C#N)c2ccc(O)cc21. The van der Waals surface area contributed by atoms with Gasteiger partial charge in [-0.2, -0.15) is 5.26 Å². The number of aromatic hydroxyl groups is 1. The number of nitrogens with zero attached hydrogens (tertiary/aromatic N) is 2. The second-order valence-corrected chi connectivity index (χ2v) is 4.65. The number of rotatable bonds is 2. The van der Waals surface area contributed by atoms with Crippen LogP contribution in [-0.4, -0.2) is 9.67 Å². The minimum absolute atomic E-state index is 0.216. The molecule has 0 amide bonds. The molecule has 3 nitrogen and oxygen atoms in total. The van der Waals surface area contributed by atoms with Gasteiger partial charge in [0.2, 0.25) is 0 Å². The molecule has 3 heteroatoms. The molecule has 0 radical (unpaired) electrons. The molecule has 0 aliphatic heterocycles. The Morgan fingerprint density at radius 3 is 2.55 bits per heavy atom. The van der Waals surface area contributed by atoms with Crippen molar-refractivity contribution < 1.29 is 5.11 Å². The van der Waals surface area contributed by atoms with Gasteiger partial charge in [-0.05, 0) is 24.6 Å². The quantitative estimate of drug-likeness (QED) is 0.761. The maximum absolute atomic E-state index is 9.70. The van der Waals surface area contributed by atoms with Crippen molar-refractivity contribution >= 4 is 10.9 Å². The first-order valence-corrected chi connectivity index (χ1v) is 6.57. The minimum atomic E-state index is 0.216. The Morgan fingerprint density at radius 1 is 1.15 bits per heavy atom. The highest BCUT2D eigenvalue weighted by molar-refractivity contribution is 5.95. The second-order valence-electron chi connectivity index (χ2n) is 4.65. The highest BCUT2D eigenvalue weighted by atomic mass is 16.3. The molecule has 0 atom stereocenters. The molecule has 0 aliphatic rings. The molecule has 98 valence electrons. The number of fused-ring (bicyclic) bond motifs is 1. The molecular weight excluding hydrogens is 248 g/mol. The number of benzene rings is 2.